The molecule has 4 rings (SSSR count). The fourth-order valence-electron chi connectivity index (χ4n) is 4.90. The molecular weight excluding hydrogens is 657 g/mol. The Morgan fingerprint density at radius 1 is 0.809 bits per heavy atom. The van der Waals surface area contributed by atoms with Crippen LogP contribution in [0, 0.1) is 0 Å². The number of carbonyl (C=O) groups is 2. The highest BCUT2D eigenvalue weighted by molar-refractivity contribution is 7.92. The maximum absolute atomic E-state index is 14.3. The molecule has 11 heteroatoms. The van der Waals surface area contributed by atoms with Crippen LogP contribution in [0.3, 0.4) is 0 Å². The molecule has 0 fully saturated rings. The lowest BCUT2D eigenvalue weighted by Crippen LogP contribution is -2.56. The van der Waals surface area contributed by atoms with Gasteiger partial charge in [0.25, 0.3) is 0 Å². The third-order valence-electron chi connectivity index (χ3n) is 7.16. The second-order valence-electron chi connectivity index (χ2n) is 12.3. The van der Waals surface area contributed by atoms with Crippen molar-refractivity contribution in [3.8, 4) is 5.75 Å². The van der Waals surface area contributed by atoms with Crippen LogP contribution in [0.2, 0.25) is 10.0 Å². The van der Waals surface area contributed by atoms with Gasteiger partial charge in [-0.15, -0.1) is 0 Å². The summed E-state index contributed by atoms with van der Waals surface area (Å²) in [5, 5.41) is 3.64. The molecular formula is C36H39Cl2N3O5S. The molecule has 1 atom stereocenters. The van der Waals surface area contributed by atoms with E-state index < -0.39 is 34.1 Å². The van der Waals surface area contributed by atoms with Crippen molar-refractivity contribution in [2.24, 2.45) is 0 Å². The highest BCUT2D eigenvalue weighted by Crippen LogP contribution is 2.26. The van der Waals surface area contributed by atoms with Gasteiger partial charge in [0.2, 0.25) is 21.8 Å². The number of sulfonamides is 1. The first-order chi connectivity index (χ1) is 22.2. The Bertz CT molecular complexity index is 1760. The SMILES string of the molecule is CC(C)(C)NC(=O)[C@@H](Cc1ccccc1)N(Cc1ccc(Cl)c(Cl)c1)C(=O)CN(c1ccc(OCc2ccccc2)cc1)S(C)(=O)=O. The summed E-state index contributed by atoms with van der Waals surface area (Å²) >= 11 is 12.5. The fourth-order valence-corrected chi connectivity index (χ4v) is 6.08. The summed E-state index contributed by atoms with van der Waals surface area (Å²) in [4.78, 5) is 29.6. The third-order valence-corrected chi connectivity index (χ3v) is 9.04. The minimum atomic E-state index is -3.93. The fraction of sp³-hybridized carbons (Fsp3) is 0.278. The number of rotatable bonds is 13. The van der Waals surface area contributed by atoms with Gasteiger partial charge in [0.15, 0.2) is 0 Å². The van der Waals surface area contributed by atoms with Gasteiger partial charge in [-0.1, -0.05) is 89.9 Å². The number of ether oxygens (including phenoxy) is 1. The Hall–Kier alpha value is -4.05. The van der Waals surface area contributed by atoms with E-state index in [1.54, 1.807) is 42.5 Å². The molecule has 4 aromatic rings. The average Bonchev–Trinajstić information content (AvgIpc) is 3.02. The molecule has 0 saturated carbocycles. The molecule has 8 nitrogen and oxygen atoms in total. The molecule has 0 aliphatic rings. The van der Waals surface area contributed by atoms with Crippen LogP contribution in [-0.4, -0.2) is 49.5 Å². The number of nitrogens with zero attached hydrogens (tertiary/aromatic N) is 2. The quantitative estimate of drug-likeness (QED) is 0.164. The zero-order valence-corrected chi connectivity index (χ0v) is 29.1. The Balaban J connectivity index is 1.67. The zero-order chi connectivity index (χ0) is 34.2. The summed E-state index contributed by atoms with van der Waals surface area (Å²) in [6, 6.07) is 29.5. The van der Waals surface area contributed by atoms with Crippen molar-refractivity contribution in [3.05, 3.63) is 130 Å². The van der Waals surface area contributed by atoms with E-state index >= 15 is 0 Å². The minimum Gasteiger partial charge on any atom is -0.489 e. The molecule has 248 valence electrons. The lowest BCUT2D eigenvalue weighted by Gasteiger charge is -2.35. The van der Waals surface area contributed by atoms with E-state index in [1.807, 2.05) is 81.4 Å². The molecule has 0 heterocycles. The zero-order valence-electron chi connectivity index (χ0n) is 26.8. The maximum atomic E-state index is 14.3. The number of benzene rings is 4. The van der Waals surface area contributed by atoms with Crippen molar-refractivity contribution in [1.82, 2.24) is 10.2 Å². The topological polar surface area (TPSA) is 96.0 Å². The summed E-state index contributed by atoms with van der Waals surface area (Å²) < 4.78 is 33.1. The highest BCUT2D eigenvalue weighted by Gasteiger charge is 2.34. The maximum Gasteiger partial charge on any atom is 0.244 e. The Morgan fingerprint density at radius 2 is 1.40 bits per heavy atom. The smallest absolute Gasteiger partial charge is 0.244 e. The number of hydrogen-bond acceptors (Lipinski definition) is 5. The van der Waals surface area contributed by atoms with Crippen molar-refractivity contribution in [1.29, 1.82) is 0 Å². The van der Waals surface area contributed by atoms with Gasteiger partial charge in [-0.05, 0) is 73.9 Å². The predicted octanol–water partition coefficient (Wildman–Crippen LogP) is 6.89. The second-order valence-corrected chi connectivity index (χ2v) is 15.0. The van der Waals surface area contributed by atoms with Crippen molar-refractivity contribution < 1.29 is 22.7 Å². The van der Waals surface area contributed by atoms with Crippen LogP contribution in [0.15, 0.2) is 103 Å². The number of halogens is 2. The van der Waals surface area contributed by atoms with Crippen LogP contribution in [-0.2, 0) is 39.2 Å². The first kappa shape index (κ1) is 35.8. The molecule has 4 aromatic carbocycles. The van der Waals surface area contributed by atoms with Gasteiger partial charge in [-0.25, -0.2) is 8.42 Å². The number of carbonyl (C=O) groups excluding carboxylic acids is 2. The molecule has 0 radical (unpaired) electrons. The van der Waals surface area contributed by atoms with Crippen LogP contribution >= 0.6 is 23.2 Å². The largest absolute Gasteiger partial charge is 0.489 e. The first-order valence-corrected chi connectivity index (χ1v) is 17.6. The second kappa shape index (κ2) is 15.7. The average molecular weight is 697 g/mol. The standard InChI is InChI=1S/C36H39Cl2N3O5S/c1-36(2,3)39-35(43)33(22-26-11-7-5-8-12-26)40(23-28-15-20-31(37)32(38)21-28)34(42)24-41(47(4,44)45)29-16-18-30(19-17-29)46-25-27-13-9-6-10-14-27/h5-21,33H,22-25H2,1-4H3,(H,39,43)/t33-/m1/s1. The summed E-state index contributed by atoms with van der Waals surface area (Å²) in [5.74, 6) is -0.406. The molecule has 1 N–H and O–H groups in total. The molecule has 0 unspecified atom stereocenters. The number of amides is 2. The number of anilines is 1. The Kier molecular flexibility index (Phi) is 12.0. The van der Waals surface area contributed by atoms with Crippen LogP contribution in [0.5, 0.6) is 5.75 Å². The normalized spacial score (nSPS) is 12.2. The van der Waals surface area contributed by atoms with E-state index in [2.05, 4.69) is 5.32 Å². The lowest BCUT2D eigenvalue weighted by molar-refractivity contribution is -0.140. The van der Waals surface area contributed by atoms with Crippen LogP contribution in [0.1, 0.15) is 37.5 Å². The van der Waals surface area contributed by atoms with E-state index in [-0.39, 0.29) is 24.6 Å². The predicted molar refractivity (Wildman–Crippen MR) is 188 cm³/mol. The molecule has 0 bridgehead atoms. The molecule has 47 heavy (non-hydrogen) atoms. The van der Waals surface area contributed by atoms with Gasteiger partial charge in [0, 0.05) is 18.5 Å². The van der Waals surface area contributed by atoms with E-state index in [1.165, 1.54) is 4.90 Å². The van der Waals surface area contributed by atoms with Crippen molar-refractivity contribution >= 4 is 50.7 Å². The summed E-state index contributed by atoms with van der Waals surface area (Å²) in [7, 11) is -3.93. The van der Waals surface area contributed by atoms with Gasteiger partial charge >= 0.3 is 0 Å². The van der Waals surface area contributed by atoms with Gasteiger partial charge in [-0.3, -0.25) is 13.9 Å². The summed E-state index contributed by atoms with van der Waals surface area (Å²) in [5.41, 5.74) is 2.14. The third kappa shape index (κ3) is 10.7. The van der Waals surface area contributed by atoms with E-state index in [9.17, 15) is 18.0 Å². The van der Waals surface area contributed by atoms with Crippen LogP contribution in [0.4, 0.5) is 5.69 Å². The van der Waals surface area contributed by atoms with Crippen molar-refractivity contribution in [3.63, 3.8) is 0 Å². The molecule has 0 aliphatic heterocycles. The van der Waals surface area contributed by atoms with Gasteiger partial charge in [0.05, 0.1) is 22.0 Å². The minimum absolute atomic E-state index is 0.0192. The lowest BCUT2D eigenvalue weighted by atomic mass is 10.0. The van der Waals surface area contributed by atoms with E-state index in [0.29, 0.717) is 28.0 Å². The van der Waals surface area contributed by atoms with Crippen LogP contribution in [0.25, 0.3) is 0 Å². The number of nitrogens with one attached hydrogen (secondary N) is 1. The molecule has 0 spiro atoms. The highest BCUT2D eigenvalue weighted by atomic mass is 35.5. The van der Waals surface area contributed by atoms with E-state index in [0.717, 1.165) is 21.7 Å². The monoisotopic (exact) mass is 695 g/mol. The van der Waals surface area contributed by atoms with Crippen LogP contribution < -0.4 is 14.4 Å². The van der Waals surface area contributed by atoms with Crippen molar-refractivity contribution in [2.45, 2.75) is 51.9 Å². The molecule has 2 amide bonds. The van der Waals surface area contributed by atoms with Gasteiger partial charge in [0.1, 0.15) is 24.9 Å². The first-order valence-electron chi connectivity index (χ1n) is 15.0. The molecule has 0 aliphatic carbocycles. The Morgan fingerprint density at radius 3 is 1.96 bits per heavy atom. The summed E-state index contributed by atoms with van der Waals surface area (Å²) in [6.07, 6.45) is 1.24. The number of hydrogen-bond donors (Lipinski definition) is 1. The van der Waals surface area contributed by atoms with E-state index in [4.69, 9.17) is 27.9 Å². The van der Waals surface area contributed by atoms with Crippen molar-refractivity contribution in [2.75, 3.05) is 17.1 Å². The molecule has 0 aromatic heterocycles. The molecule has 0 saturated heterocycles. The Labute approximate surface area is 287 Å². The summed E-state index contributed by atoms with van der Waals surface area (Å²) in [6.45, 7) is 5.35. The van der Waals surface area contributed by atoms with Gasteiger partial charge in [-0.2, -0.15) is 0 Å². The van der Waals surface area contributed by atoms with Gasteiger partial charge < -0.3 is 15.0 Å².